The Morgan fingerprint density at radius 3 is 2.68 bits per heavy atom. The number of hydrogen-bond acceptors (Lipinski definition) is 10. The van der Waals surface area contributed by atoms with Gasteiger partial charge in [0.1, 0.15) is 32.6 Å². The van der Waals surface area contributed by atoms with Crippen LogP contribution in [-0.4, -0.2) is 72.1 Å². The first-order valence-corrected chi connectivity index (χ1v) is 10.8. The van der Waals surface area contributed by atoms with E-state index in [0.29, 0.717) is 10.0 Å². The first-order chi connectivity index (χ1) is 13.2. The molecule has 2 saturated heterocycles. The summed E-state index contributed by atoms with van der Waals surface area (Å²) >= 11 is 5.26. The number of carboxylic acid groups (broad SMARTS) is 1. The topological polar surface area (TPSA) is 162 Å². The van der Waals surface area contributed by atoms with Crippen molar-refractivity contribution in [2.45, 2.75) is 23.8 Å². The first kappa shape index (κ1) is 20.7. The quantitative estimate of drug-likeness (QED) is 0.169. The summed E-state index contributed by atoms with van der Waals surface area (Å²) in [5.74, 6) is -2.98. The number of thioether (sulfide) groups is 1. The number of β-lactam (4-membered cyclic amide) rings is 1. The summed E-state index contributed by atoms with van der Waals surface area (Å²) < 4.78 is 0. The van der Waals surface area contributed by atoms with Gasteiger partial charge in [-0.3, -0.25) is 14.4 Å². The molecular weight excluding hydrogens is 478 g/mol. The summed E-state index contributed by atoms with van der Waals surface area (Å²) in [5.41, 5.74) is -2.09. The zero-order valence-electron chi connectivity index (χ0n) is 14.3. The summed E-state index contributed by atoms with van der Waals surface area (Å²) in [4.78, 5) is 48.8. The highest BCUT2D eigenvalue weighted by molar-refractivity contribution is 9.09. The predicted octanol–water partition coefficient (Wildman–Crippen LogP) is 0.500. The zero-order chi connectivity index (χ0) is 20.6. The Morgan fingerprint density at radius 1 is 1.43 bits per heavy atom. The second-order valence-electron chi connectivity index (χ2n) is 6.15. The van der Waals surface area contributed by atoms with Gasteiger partial charge in [-0.25, -0.2) is 0 Å². The average Bonchev–Trinajstić information content (AvgIpc) is 3.12. The Hall–Kier alpha value is -2.06. The molecule has 3 heterocycles. The molecule has 11 nitrogen and oxygen atoms in total. The molecule has 28 heavy (non-hydrogen) atoms. The number of aromatic nitrogens is 2. The Bertz CT molecular complexity index is 891. The lowest BCUT2D eigenvalue weighted by atomic mass is 9.88. The van der Waals surface area contributed by atoms with Gasteiger partial charge in [0, 0.05) is 12.3 Å². The van der Waals surface area contributed by atoms with Gasteiger partial charge in [0.2, 0.25) is 11.6 Å². The van der Waals surface area contributed by atoms with Crippen molar-refractivity contribution >= 4 is 56.8 Å². The van der Waals surface area contributed by atoms with E-state index in [1.165, 1.54) is 16.7 Å². The van der Waals surface area contributed by atoms with Crippen molar-refractivity contribution in [1.29, 1.82) is 0 Å². The van der Waals surface area contributed by atoms with E-state index in [9.17, 15) is 29.5 Å². The zero-order valence-corrected chi connectivity index (χ0v) is 17.5. The second-order valence-corrected chi connectivity index (χ2v) is 9.00. The maximum atomic E-state index is 12.5. The molecule has 14 heteroatoms. The molecule has 0 bridgehead atoms. The molecule has 2 unspecified atom stereocenters. The molecule has 2 fully saturated rings. The monoisotopic (exact) mass is 491 g/mol. The van der Waals surface area contributed by atoms with E-state index in [4.69, 9.17) is 0 Å². The van der Waals surface area contributed by atoms with Crippen LogP contribution in [0.5, 0.6) is 0 Å². The van der Waals surface area contributed by atoms with Gasteiger partial charge >= 0.3 is 5.97 Å². The molecule has 3 rings (SSSR count). The minimum atomic E-state index is -1.37. The van der Waals surface area contributed by atoms with Gasteiger partial charge in [-0.2, -0.15) is 0 Å². The van der Waals surface area contributed by atoms with E-state index in [0.717, 1.165) is 11.3 Å². The number of aliphatic hydroxyl groups is 1. The van der Waals surface area contributed by atoms with Crippen LogP contribution < -0.4 is 5.32 Å². The smallest absolute Gasteiger partial charge is 0.319 e. The van der Waals surface area contributed by atoms with Crippen molar-refractivity contribution in [2.75, 3.05) is 17.6 Å². The van der Waals surface area contributed by atoms with Crippen LogP contribution in [0.3, 0.4) is 0 Å². The lowest BCUT2D eigenvalue weighted by molar-refractivity contribution is -0.154. The van der Waals surface area contributed by atoms with Crippen molar-refractivity contribution in [3.05, 3.63) is 26.4 Å². The van der Waals surface area contributed by atoms with E-state index in [2.05, 4.69) is 36.6 Å². The van der Waals surface area contributed by atoms with Crippen molar-refractivity contribution in [3.8, 4) is 0 Å². The number of fused-ring (bicyclic) bond motifs is 1. The molecule has 1 aromatic heterocycles. The highest BCUT2D eigenvalue weighted by atomic mass is 79.9. The van der Waals surface area contributed by atoms with Crippen molar-refractivity contribution in [1.82, 2.24) is 20.4 Å². The molecule has 0 aliphatic carbocycles. The normalized spacial score (nSPS) is 27.4. The summed E-state index contributed by atoms with van der Waals surface area (Å²) in [7, 11) is 0. The number of amides is 2. The van der Waals surface area contributed by atoms with Gasteiger partial charge in [0.15, 0.2) is 0 Å². The standard InChI is InChI=1S/C14H14BrN5O6S2/c1-5-17-18-12(28-5)14(13(24)25)3-20-10(23)8(11(20)27-4-14)16-9(22)7(19-26)6(21)2-15/h8,11,21H,2-4H2,1H3,(H,16,22)(H,24,25)/t8?,11-,14?/m1/s1. The molecule has 2 aliphatic rings. The molecule has 3 N–H and O–H groups in total. The molecule has 1 aromatic rings. The van der Waals surface area contributed by atoms with Gasteiger partial charge in [0.25, 0.3) is 5.91 Å². The third kappa shape index (κ3) is 3.28. The summed E-state index contributed by atoms with van der Waals surface area (Å²) in [5, 5.41) is 32.4. The van der Waals surface area contributed by atoms with Gasteiger partial charge in [-0.05, 0) is 12.1 Å². The number of halogens is 1. The van der Waals surface area contributed by atoms with Crippen LogP contribution in [0, 0.1) is 11.8 Å². The van der Waals surface area contributed by atoms with Crippen LogP contribution in [0.25, 0.3) is 0 Å². The number of rotatable bonds is 6. The largest absolute Gasteiger partial charge is 0.509 e. The minimum Gasteiger partial charge on any atom is -0.509 e. The molecule has 150 valence electrons. The number of hydrogen-bond donors (Lipinski definition) is 3. The summed E-state index contributed by atoms with van der Waals surface area (Å²) in [6.07, 6.45) is 0. The third-order valence-corrected chi connectivity index (χ3v) is 7.52. The first-order valence-electron chi connectivity index (χ1n) is 7.83. The Balaban J connectivity index is 1.77. The van der Waals surface area contributed by atoms with E-state index in [-0.39, 0.29) is 17.6 Å². The lowest BCUT2D eigenvalue weighted by Gasteiger charge is -2.53. The highest BCUT2D eigenvalue weighted by Crippen LogP contribution is 2.44. The number of carbonyl (C=O) groups excluding carboxylic acids is 2. The van der Waals surface area contributed by atoms with Gasteiger partial charge in [-0.1, -0.05) is 15.9 Å². The maximum absolute atomic E-state index is 12.5. The lowest BCUT2D eigenvalue weighted by Crippen LogP contribution is -2.74. The predicted molar refractivity (Wildman–Crippen MR) is 103 cm³/mol. The highest BCUT2D eigenvalue weighted by Gasteiger charge is 2.59. The van der Waals surface area contributed by atoms with E-state index < -0.39 is 46.1 Å². The number of allylic oxidation sites excluding steroid dienone is 1. The molecule has 0 aromatic carbocycles. The number of carboxylic acids is 1. The fourth-order valence-electron chi connectivity index (χ4n) is 2.91. The van der Waals surface area contributed by atoms with E-state index in [1.807, 2.05) is 0 Å². The number of nitroso groups, excluding NO2 is 1. The maximum Gasteiger partial charge on any atom is 0.319 e. The van der Waals surface area contributed by atoms with Crippen LogP contribution >= 0.6 is 39.0 Å². The van der Waals surface area contributed by atoms with Crippen LogP contribution in [0.15, 0.2) is 16.6 Å². The molecule has 2 amide bonds. The molecule has 0 spiro atoms. The number of nitrogens with zero attached hydrogens (tertiary/aromatic N) is 4. The van der Waals surface area contributed by atoms with Gasteiger partial charge in [-0.15, -0.1) is 38.2 Å². The molecule has 0 radical (unpaired) electrons. The van der Waals surface area contributed by atoms with Crippen LogP contribution in [0.4, 0.5) is 0 Å². The number of aliphatic carboxylic acids is 1. The molecule has 2 aliphatic heterocycles. The molecular formula is C14H14BrN5O6S2. The number of carbonyl (C=O) groups is 3. The second kappa shape index (κ2) is 7.75. The van der Waals surface area contributed by atoms with Gasteiger partial charge in [0.05, 0.1) is 5.33 Å². The Labute approximate surface area is 174 Å². The number of aryl methyl sites for hydroxylation is 1. The summed E-state index contributed by atoms with van der Waals surface area (Å²) in [6, 6.07) is -0.944. The Kier molecular flexibility index (Phi) is 5.72. The number of alkyl halides is 1. The number of nitrogens with one attached hydrogen (secondary N) is 1. The number of aliphatic hydroxyl groups excluding tert-OH is 1. The molecule has 3 atom stereocenters. The van der Waals surface area contributed by atoms with Crippen molar-refractivity contribution < 1.29 is 24.6 Å². The van der Waals surface area contributed by atoms with E-state index >= 15 is 0 Å². The SMILES string of the molecule is Cc1nnc(C2(C(=O)O)CS[C@@H]3C(NC(=O)C(N=O)=C(O)CBr)C(=O)N3C2)s1. The van der Waals surface area contributed by atoms with Crippen LogP contribution in [0.2, 0.25) is 0 Å². The fourth-order valence-corrected chi connectivity index (χ4v) is 5.67. The average molecular weight is 492 g/mol. The fraction of sp³-hybridized carbons (Fsp3) is 0.500. The van der Waals surface area contributed by atoms with Crippen LogP contribution in [-0.2, 0) is 19.8 Å². The molecule has 0 saturated carbocycles. The van der Waals surface area contributed by atoms with Crippen LogP contribution in [0.1, 0.15) is 10.0 Å². The Morgan fingerprint density at radius 2 is 2.14 bits per heavy atom. The minimum absolute atomic E-state index is 0.0961. The van der Waals surface area contributed by atoms with E-state index in [1.54, 1.807) is 6.92 Å². The van der Waals surface area contributed by atoms with Crippen molar-refractivity contribution in [3.63, 3.8) is 0 Å². The van der Waals surface area contributed by atoms with Crippen molar-refractivity contribution in [2.24, 2.45) is 5.18 Å². The third-order valence-electron chi connectivity index (χ3n) is 4.42. The summed E-state index contributed by atoms with van der Waals surface area (Å²) in [6.45, 7) is 1.62. The van der Waals surface area contributed by atoms with Gasteiger partial charge < -0.3 is 20.4 Å².